The lowest BCUT2D eigenvalue weighted by Crippen LogP contribution is -2.41. The molecule has 0 aliphatic carbocycles. The number of benzene rings is 2. The molecule has 0 unspecified atom stereocenters. The summed E-state index contributed by atoms with van der Waals surface area (Å²) in [5, 5.41) is 22.8. The molecule has 1 aliphatic rings. The first-order chi connectivity index (χ1) is 18.9. The van der Waals surface area contributed by atoms with E-state index >= 15 is 0 Å². The summed E-state index contributed by atoms with van der Waals surface area (Å²) in [5.74, 6) is 0.675. The Morgan fingerprint density at radius 2 is 1.92 bits per heavy atom. The Bertz CT molecular complexity index is 1230. The molecule has 3 atom stereocenters. The Kier molecular flexibility index (Phi) is 10.9. The van der Waals surface area contributed by atoms with Gasteiger partial charge in [0.2, 0.25) is 0 Å². The van der Waals surface area contributed by atoms with Gasteiger partial charge in [-0.2, -0.15) is 0 Å². The predicted molar refractivity (Wildman–Crippen MR) is 157 cm³/mol. The molecule has 0 amide bonds. The zero-order chi connectivity index (χ0) is 27.8. The number of hydrogen-bond acceptors (Lipinski definition) is 5. The molecule has 1 aliphatic heterocycles. The van der Waals surface area contributed by atoms with Gasteiger partial charge in [-0.3, -0.25) is 9.78 Å². The molecule has 2 aromatic carbocycles. The van der Waals surface area contributed by atoms with Crippen LogP contribution in [0.25, 0.3) is 10.9 Å². The number of piperidine rings is 1. The van der Waals surface area contributed by atoms with E-state index in [1.165, 1.54) is 0 Å². The minimum atomic E-state index is -0.750. The van der Waals surface area contributed by atoms with Crippen LogP contribution in [-0.2, 0) is 11.2 Å². The van der Waals surface area contributed by atoms with Crippen LogP contribution < -0.4 is 4.74 Å². The third-order valence-corrected chi connectivity index (χ3v) is 8.78. The Hall–Kier alpha value is -2.38. The van der Waals surface area contributed by atoms with Crippen molar-refractivity contribution in [3.63, 3.8) is 0 Å². The van der Waals surface area contributed by atoms with Crippen molar-refractivity contribution in [3.8, 4) is 5.75 Å². The largest absolute Gasteiger partial charge is 0.497 e. The number of nitrogens with zero attached hydrogens (tertiary/aromatic N) is 2. The summed E-state index contributed by atoms with van der Waals surface area (Å²) < 4.78 is 5.38. The van der Waals surface area contributed by atoms with E-state index in [1.807, 2.05) is 42.5 Å². The van der Waals surface area contributed by atoms with Crippen LogP contribution >= 0.6 is 23.2 Å². The van der Waals surface area contributed by atoms with E-state index in [4.69, 9.17) is 27.9 Å². The lowest BCUT2D eigenvalue weighted by Gasteiger charge is -2.39. The van der Waals surface area contributed by atoms with Gasteiger partial charge < -0.3 is 19.8 Å². The van der Waals surface area contributed by atoms with Crippen LogP contribution in [0.15, 0.2) is 48.7 Å². The number of carbonyl (C=O) groups is 1. The molecule has 1 saturated heterocycles. The maximum absolute atomic E-state index is 11.4. The number of aliphatic hydroxyl groups excluding tert-OH is 1. The first-order valence-electron chi connectivity index (χ1n) is 13.8. The van der Waals surface area contributed by atoms with Crippen molar-refractivity contribution < 1.29 is 19.7 Å². The summed E-state index contributed by atoms with van der Waals surface area (Å²) >= 11 is 12.6. The number of aliphatic hydroxyl groups is 1. The third kappa shape index (κ3) is 8.07. The molecule has 0 saturated carbocycles. The highest BCUT2D eigenvalue weighted by atomic mass is 35.5. The molecule has 1 fully saturated rings. The van der Waals surface area contributed by atoms with Crippen LogP contribution in [0.4, 0.5) is 0 Å². The van der Waals surface area contributed by atoms with E-state index in [0.717, 1.165) is 89.6 Å². The molecule has 3 aromatic rings. The van der Waals surface area contributed by atoms with Gasteiger partial charge in [0.25, 0.3) is 0 Å². The summed E-state index contributed by atoms with van der Waals surface area (Å²) in [5.41, 5.74) is 2.70. The van der Waals surface area contributed by atoms with Gasteiger partial charge in [0.1, 0.15) is 5.75 Å². The first-order valence-corrected chi connectivity index (χ1v) is 14.6. The number of aromatic nitrogens is 1. The number of methoxy groups -OCH3 is 1. The van der Waals surface area contributed by atoms with Crippen LogP contribution in [0.3, 0.4) is 0 Å². The molecule has 6 nitrogen and oxygen atoms in total. The zero-order valence-corrected chi connectivity index (χ0v) is 24.0. The van der Waals surface area contributed by atoms with Crippen molar-refractivity contribution in [3.05, 3.63) is 69.8 Å². The molecule has 8 heteroatoms. The summed E-state index contributed by atoms with van der Waals surface area (Å²) in [4.78, 5) is 18.3. The number of likely N-dealkylation sites (tertiary alicyclic amines) is 1. The molecular formula is C31H38Cl2N2O4. The van der Waals surface area contributed by atoms with Crippen molar-refractivity contribution in [2.24, 2.45) is 11.8 Å². The summed E-state index contributed by atoms with van der Waals surface area (Å²) in [6, 6.07) is 13.2. The number of unbranched alkanes of at least 4 members (excludes halogenated alkanes) is 1. The van der Waals surface area contributed by atoms with Gasteiger partial charge in [0.15, 0.2) is 0 Å². The van der Waals surface area contributed by atoms with Gasteiger partial charge in [-0.1, -0.05) is 29.3 Å². The highest BCUT2D eigenvalue weighted by molar-refractivity contribution is 6.35. The number of aliphatic carboxylic acids is 1. The maximum atomic E-state index is 11.4. The minimum Gasteiger partial charge on any atom is -0.497 e. The van der Waals surface area contributed by atoms with Crippen LogP contribution in [0.1, 0.15) is 62.2 Å². The predicted octanol–water partition coefficient (Wildman–Crippen LogP) is 7.19. The summed E-state index contributed by atoms with van der Waals surface area (Å²) in [6.07, 6.45) is 7.35. The summed E-state index contributed by atoms with van der Waals surface area (Å²) in [6.45, 7) is 2.87. The van der Waals surface area contributed by atoms with E-state index in [2.05, 4.69) is 9.88 Å². The van der Waals surface area contributed by atoms with E-state index in [9.17, 15) is 15.0 Å². The minimum absolute atomic E-state index is 0.178. The lowest BCUT2D eigenvalue weighted by molar-refractivity contribution is -0.137. The number of carboxylic acid groups (broad SMARTS) is 1. The smallest absolute Gasteiger partial charge is 0.303 e. The number of hydrogen-bond donors (Lipinski definition) is 2. The molecule has 2 heterocycles. The Balaban J connectivity index is 1.32. The number of carboxylic acids is 1. The second-order valence-electron chi connectivity index (χ2n) is 10.6. The van der Waals surface area contributed by atoms with Crippen molar-refractivity contribution in [2.45, 2.75) is 57.5 Å². The number of ether oxygens (including phenoxy) is 1. The third-order valence-electron chi connectivity index (χ3n) is 8.07. The molecule has 4 rings (SSSR count). The number of fused-ring (bicyclic) bond motifs is 1. The highest BCUT2D eigenvalue weighted by Gasteiger charge is 2.30. The lowest BCUT2D eigenvalue weighted by atomic mass is 9.79. The van der Waals surface area contributed by atoms with Gasteiger partial charge in [0, 0.05) is 34.6 Å². The zero-order valence-electron chi connectivity index (χ0n) is 22.5. The molecule has 39 heavy (non-hydrogen) atoms. The number of rotatable bonds is 13. The fraction of sp³-hybridized carbons (Fsp3) is 0.484. The van der Waals surface area contributed by atoms with E-state index < -0.39 is 12.1 Å². The molecule has 0 radical (unpaired) electrons. The molecular weight excluding hydrogens is 535 g/mol. The average Bonchev–Trinajstić information content (AvgIpc) is 2.93. The second-order valence-corrected chi connectivity index (χ2v) is 11.4. The van der Waals surface area contributed by atoms with Crippen LogP contribution in [0.2, 0.25) is 10.0 Å². The second kappa shape index (κ2) is 14.3. The van der Waals surface area contributed by atoms with Crippen LogP contribution in [0, 0.1) is 11.8 Å². The van der Waals surface area contributed by atoms with Crippen LogP contribution in [0.5, 0.6) is 5.75 Å². The Morgan fingerprint density at radius 3 is 2.67 bits per heavy atom. The van der Waals surface area contributed by atoms with Gasteiger partial charge in [-0.05, 0) is 117 Å². The number of pyridine rings is 1. The molecule has 1 aromatic heterocycles. The standard InChI is InChI=1S/C31H38Cl2N2O4/c1-39-23-10-11-29-26(19-23)24(14-16-34-29)30(36)12-8-21-15-18-35(20-22(21)9-13-31(37)38)17-3-2-5-25-27(32)6-4-7-28(25)33/h4,6-7,10-11,14,16,19,21-22,30,36H,2-3,5,8-9,12-13,15,17-18,20H2,1H3,(H,37,38)/t21-,22-,30-/m1/s1. The van der Waals surface area contributed by atoms with Gasteiger partial charge in [0.05, 0.1) is 18.7 Å². The van der Waals surface area contributed by atoms with Gasteiger partial charge in [-0.25, -0.2) is 0 Å². The normalized spacial score (nSPS) is 18.8. The van der Waals surface area contributed by atoms with Crippen molar-refractivity contribution in [2.75, 3.05) is 26.7 Å². The molecule has 210 valence electrons. The van der Waals surface area contributed by atoms with Crippen molar-refractivity contribution in [1.29, 1.82) is 0 Å². The fourth-order valence-electron chi connectivity index (χ4n) is 5.88. The van der Waals surface area contributed by atoms with E-state index in [-0.39, 0.29) is 6.42 Å². The maximum Gasteiger partial charge on any atom is 0.303 e. The quantitative estimate of drug-likeness (QED) is 0.211. The molecule has 0 bridgehead atoms. The van der Waals surface area contributed by atoms with Gasteiger partial charge in [-0.15, -0.1) is 0 Å². The molecule has 0 spiro atoms. The average molecular weight is 574 g/mol. The van der Waals surface area contributed by atoms with Gasteiger partial charge >= 0.3 is 5.97 Å². The van der Waals surface area contributed by atoms with Crippen molar-refractivity contribution in [1.82, 2.24) is 9.88 Å². The molecule has 2 N–H and O–H groups in total. The monoisotopic (exact) mass is 572 g/mol. The van der Waals surface area contributed by atoms with E-state index in [0.29, 0.717) is 24.7 Å². The highest BCUT2D eigenvalue weighted by Crippen LogP contribution is 2.35. The SMILES string of the molecule is COc1ccc2nccc([C@H](O)CC[C@@H]3CCN(CCCCc4c(Cl)cccc4Cl)C[C@H]3CCC(=O)O)c2c1. The Morgan fingerprint density at radius 1 is 1.13 bits per heavy atom. The Labute approximate surface area is 240 Å². The summed E-state index contributed by atoms with van der Waals surface area (Å²) in [7, 11) is 1.63. The van der Waals surface area contributed by atoms with Crippen molar-refractivity contribution >= 4 is 40.1 Å². The fourth-order valence-corrected chi connectivity index (χ4v) is 6.46. The number of halogens is 2. The van der Waals surface area contributed by atoms with Crippen LogP contribution in [-0.4, -0.2) is 52.8 Å². The topological polar surface area (TPSA) is 82.9 Å². The van der Waals surface area contributed by atoms with E-state index in [1.54, 1.807) is 13.3 Å². The first kappa shape index (κ1) is 29.6.